The van der Waals surface area contributed by atoms with E-state index in [1.54, 1.807) is 18.2 Å². The third-order valence-electron chi connectivity index (χ3n) is 2.75. The van der Waals surface area contributed by atoms with Gasteiger partial charge in [0.05, 0.1) is 11.5 Å². The average molecular weight is 280 g/mol. The molecule has 0 aliphatic carbocycles. The zero-order valence-corrected chi connectivity index (χ0v) is 11.1. The Hall–Kier alpha value is -1.72. The van der Waals surface area contributed by atoms with Crippen molar-refractivity contribution >= 4 is 9.84 Å². The van der Waals surface area contributed by atoms with E-state index in [1.165, 1.54) is 24.3 Å². The van der Waals surface area contributed by atoms with Gasteiger partial charge in [0.2, 0.25) is 0 Å². The highest BCUT2D eigenvalue weighted by molar-refractivity contribution is 7.90. The van der Waals surface area contributed by atoms with Crippen LogP contribution in [0.3, 0.4) is 0 Å². The minimum Gasteiger partial charge on any atom is -0.392 e. The summed E-state index contributed by atoms with van der Waals surface area (Å²) in [5.74, 6) is -0.356. The monoisotopic (exact) mass is 280 g/mol. The van der Waals surface area contributed by atoms with Gasteiger partial charge in [0, 0.05) is 6.26 Å². The Balaban J connectivity index is 2.60. The fourth-order valence-corrected chi connectivity index (χ4v) is 2.48. The molecule has 0 spiro atoms. The van der Waals surface area contributed by atoms with Crippen molar-refractivity contribution in [3.63, 3.8) is 0 Å². The highest BCUT2D eigenvalue weighted by atomic mass is 32.2. The first-order valence-corrected chi connectivity index (χ1v) is 7.50. The molecule has 0 amide bonds. The van der Waals surface area contributed by atoms with Crippen LogP contribution in [0.5, 0.6) is 0 Å². The van der Waals surface area contributed by atoms with Crippen molar-refractivity contribution < 1.29 is 17.9 Å². The molecule has 3 nitrogen and oxygen atoms in total. The molecule has 0 atom stereocenters. The fraction of sp³-hybridized carbons (Fsp3) is 0.143. The Kier molecular flexibility index (Phi) is 3.68. The third-order valence-corrected chi connectivity index (χ3v) is 3.85. The van der Waals surface area contributed by atoms with Crippen LogP contribution in [0.4, 0.5) is 4.39 Å². The van der Waals surface area contributed by atoms with Gasteiger partial charge in [0.25, 0.3) is 0 Å². The Bertz CT molecular complexity index is 691. The molecule has 0 bridgehead atoms. The first-order chi connectivity index (χ1) is 8.90. The van der Waals surface area contributed by atoms with E-state index in [0.717, 1.165) is 6.26 Å². The van der Waals surface area contributed by atoms with Gasteiger partial charge in [-0.05, 0) is 47.0 Å². The molecule has 0 saturated carbocycles. The molecule has 0 radical (unpaired) electrons. The minimum absolute atomic E-state index is 0.137. The number of rotatable bonds is 3. The molecular formula is C14H13FO3S. The lowest BCUT2D eigenvalue weighted by Gasteiger charge is -2.08. The van der Waals surface area contributed by atoms with E-state index in [0.29, 0.717) is 16.7 Å². The zero-order chi connectivity index (χ0) is 14.0. The molecule has 5 heteroatoms. The van der Waals surface area contributed by atoms with Crippen molar-refractivity contribution in [1.29, 1.82) is 0 Å². The van der Waals surface area contributed by atoms with Crippen LogP contribution in [-0.4, -0.2) is 19.8 Å². The lowest BCUT2D eigenvalue weighted by molar-refractivity contribution is 0.281. The van der Waals surface area contributed by atoms with Gasteiger partial charge in [-0.25, -0.2) is 12.8 Å². The molecule has 0 fully saturated rings. The van der Waals surface area contributed by atoms with Gasteiger partial charge >= 0.3 is 0 Å². The first kappa shape index (κ1) is 13.7. The van der Waals surface area contributed by atoms with Crippen molar-refractivity contribution in [2.24, 2.45) is 0 Å². The van der Waals surface area contributed by atoms with Crippen LogP contribution in [0.25, 0.3) is 11.1 Å². The normalized spacial score (nSPS) is 11.5. The SMILES string of the molecule is CS(=O)(=O)c1cc(CO)cc(-c2ccc(F)cc2)c1. The number of aliphatic hydroxyl groups is 1. The summed E-state index contributed by atoms with van der Waals surface area (Å²) in [4.78, 5) is 0.137. The van der Waals surface area contributed by atoms with Crippen LogP contribution in [0.2, 0.25) is 0 Å². The van der Waals surface area contributed by atoms with E-state index in [4.69, 9.17) is 0 Å². The molecule has 0 aromatic heterocycles. The summed E-state index contributed by atoms with van der Waals surface area (Å²) < 4.78 is 36.1. The third kappa shape index (κ3) is 3.19. The van der Waals surface area contributed by atoms with E-state index in [1.807, 2.05) is 0 Å². The topological polar surface area (TPSA) is 54.4 Å². The summed E-state index contributed by atoms with van der Waals surface area (Å²) in [5.41, 5.74) is 1.83. The second-order valence-electron chi connectivity index (χ2n) is 4.30. The van der Waals surface area contributed by atoms with Gasteiger partial charge in [-0.2, -0.15) is 0 Å². The lowest BCUT2D eigenvalue weighted by atomic mass is 10.0. The highest BCUT2D eigenvalue weighted by Gasteiger charge is 2.11. The van der Waals surface area contributed by atoms with E-state index >= 15 is 0 Å². The van der Waals surface area contributed by atoms with Crippen LogP contribution in [0.15, 0.2) is 47.4 Å². The standard InChI is InChI=1S/C14H13FO3S/c1-19(17,18)14-7-10(9-16)6-12(8-14)11-2-4-13(15)5-3-11/h2-8,16H,9H2,1H3. The molecule has 100 valence electrons. The summed E-state index contributed by atoms with van der Waals surface area (Å²) in [5, 5.41) is 9.19. The maximum absolute atomic E-state index is 12.9. The largest absolute Gasteiger partial charge is 0.392 e. The molecule has 0 unspecified atom stereocenters. The lowest BCUT2D eigenvalue weighted by Crippen LogP contribution is -1.99. The van der Waals surface area contributed by atoms with E-state index in [-0.39, 0.29) is 17.3 Å². The Morgan fingerprint density at radius 3 is 2.21 bits per heavy atom. The van der Waals surface area contributed by atoms with Crippen molar-refractivity contribution in [1.82, 2.24) is 0 Å². The predicted octanol–water partition coefficient (Wildman–Crippen LogP) is 2.39. The number of hydrogen-bond acceptors (Lipinski definition) is 3. The number of benzene rings is 2. The maximum atomic E-state index is 12.9. The second kappa shape index (κ2) is 5.11. The molecule has 0 saturated heterocycles. The van der Waals surface area contributed by atoms with E-state index < -0.39 is 9.84 Å². The van der Waals surface area contributed by atoms with Crippen molar-refractivity contribution in [2.75, 3.05) is 6.26 Å². The van der Waals surface area contributed by atoms with Gasteiger partial charge in [-0.15, -0.1) is 0 Å². The fourth-order valence-electron chi connectivity index (χ4n) is 1.78. The average Bonchev–Trinajstić information content (AvgIpc) is 2.38. The summed E-state index contributed by atoms with van der Waals surface area (Å²) in [7, 11) is -3.36. The Morgan fingerprint density at radius 2 is 1.68 bits per heavy atom. The molecule has 2 aromatic carbocycles. The predicted molar refractivity (Wildman–Crippen MR) is 70.9 cm³/mol. The summed E-state index contributed by atoms with van der Waals surface area (Å²) in [6, 6.07) is 10.4. The van der Waals surface area contributed by atoms with Gasteiger partial charge in [-0.1, -0.05) is 12.1 Å². The highest BCUT2D eigenvalue weighted by Crippen LogP contribution is 2.25. The molecule has 0 heterocycles. The van der Waals surface area contributed by atoms with Crippen molar-refractivity contribution in [2.45, 2.75) is 11.5 Å². The molecular weight excluding hydrogens is 267 g/mol. The maximum Gasteiger partial charge on any atom is 0.175 e. The van der Waals surface area contributed by atoms with Crippen LogP contribution in [0, 0.1) is 5.82 Å². The number of aliphatic hydroxyl groups excluding tert-OH is 1. The molecule has 0 aliphatic heterocycles. The minimum atomic E-state index is -3.36. The van der Waals surface area contributed by atoms with Gasteiger partial charge < -0.3 is 5.11 Å². The quantitative estimate of drug-likeness (QED) is 0.939. The first-order valence-electron chi connectivity index (χ1n) is 5.61. The second-order valence-corrected chi connectivity index (χ2v) is 6.32. The van der Waals surface area contributed by atoms with Gasteiger partial charge in [0.1, 0.15) is 5.82 Å². The van der Waals surface area contributed by atoms with E-state index in [9.17, 15) is 17.9 Å². The Morgan fingerprint density at radius 1 is 1.05 bits per heavy atom. The smallest absolute Gasteiger partial charge is 0.175 e. The van der Waals surface area contributed by atoms with Crippen molar-refractivity contribution in [3.8, 4) is 11.1 Å². The van der Waals surface area contributed by atoms with Gasteiger partial charge in [0.15, 0.2) is 9.84 Å². The summed E-state index contributed by atoms with van der Waals surface area (Å²) >= 11 is 0. The van der Waals surface area contributed by atoms with E-state index in [2.05, 4.69) is 0 Å². The summed E-state index contributed by atoms with van der Waals surface area (Å²) in [6.07, 6.45) is 1.11. The summed E-state index contributed by atoms with van der Waals surface area (Å²) in [6.45, 7) is -0.252. The molecule has 2 rings (SSSR count). The number of halogens is 1. The van der Waals surface area contributed by atoms with Crippen molar-refractivity contribution in [3.05, 3.63) is 53.8 Å². The Labute approximate surface area is 111 Å². The van der Waals surface area contributed by atoms with Crippen LogP contribution in [0.1, 0.15) is 5.56 Å². The number of sulfone groups is 1. The molecule has 0 aliphatic rings. The van der Waals surface area contributed by atoms with Crippen LogP contribution >= 0.6 is 0 Å². The zero-order valence-electron chi connectivity index (χ0n) is 10.3. The molecule has 2 aromatic rings. The molecule has 19 heavy (non-hydrogen) atoms. The number of hydrogen-bond donors (Lipinski definition) is 1. The van der Waals surface area contributed by atoms with Gasteiger partial charge in [-0.3, -0.25) is 0 Å². The molecule has 1 N–H and O–H groups in total. The van der Waals surface area contributed by atoms with Crippen LogP contribution in [-0.2, 0) is 16.4 Å². The van der Waals surface area contributed by atoms with Crippen LogP contribution < -0.4 is 0 Å².